The lowest BCUT2D eigenvalue weighted by Gasteiger charge is -1.87. The lowest BCUT2D eigenvalue weighted by molar-refractivity contribution is -0.117. The van der Waals surface area contributed by atoms with Gasteiger partial charge in [0, 0.05) is 12.8 Å². The molecule has 0 fully saturated rings. The number of rotatable bonds is 4. The van der Waals surface area contributed by atoms with Gasteiger partial charge in [-0.05, 0) is 12.8 Å². The van der Waals surface area contributed by atoms with Crippen molar-refractivity contribution < 1.29 is 4.79 Å². The lowest BCUT2D eigenvalue weighted by Crippen LogP contribution is -2.12. The summed E-state index contributed by atoms with van der Waals surface area (Å²) >= 11 is 0. The van der Waals surface area contributed by atoms with Crippen LogP contribution in [0.25, 0.3) is 0 Å². The second-order valence-corrected chi connectivity index (χ2v) is 2.40. The van der Waals surface area contributed by atoms with E-state index in [1.807, 2.05) is 19.9 Å². The highest BCUT2D eigenvalue weighted by Crippen LogP contribution is 1.84. The van der Waals surface area contributed by atoms with Gasteiger partial charge in [-0.15, -0.1) is 0 Å². The van der Waals surface area contributed by atoms with Gasteiger partial charge in [0.1, 0.15) is 5.78 Å². The molecular formula is C9H18N2O. The molecule has 0 heterocycles. The maximum absolute atomic E-state index is 10.3. The number of unbranched alkanes of at least 4 members (excludes halogenated alkanes) is 1. The molecule has 2 N–H and O–H groups in total. The third-order valence-corrected chi connectivity index (χ3v) is 1.12. The third-order valence-electron chi connectivity index (χ3n) is 1.12. The summed E-state index contributed by atoms with van der Waals surface area (Å²) in [6.07, 6.45) is 3.23. The molecule has 3 heteroatoms. The largest absolute Gasteiger partial charge is 0.324 e. The van der Waals surface area contributed by atoms with Crippen LogP contribution in [0.5, 0.6) is 0 Å². The molecule has 70 valence electrons. The normalized spacial score (nSPS) is 7.83. The Labute approximate surface area is 74.6 Å². The Bertz CT molecular complexity index is 138. The Morgan fingerprint density at radius 3 is 2.08 bits per heavy atom. The number of nitriles is 1. The maximum atomic E-state index is 10.3. The summed E-state index contributed by atoms with van der Waals surface area (Å²) in [7, 11) is 0. The minimum atomic E-state index is 0.155. The van der Waals surface area contributed by atoms with Gasteiger partial charge in [-0.1, -0.05) is 13.8 Å². The molecule has 0 amide bonds. The summed E-state index contributed by atoms with van der Waals surface area (Å²) in [5.74, 6) is 0.155. The molecule has 0 aliphatic heterocycles. The molecule has 12 heavy (non-hydrogen) atoms. The molecule has 0 spiro atoms. The van der Waals surface area contributed by atoms with Crippen molar-refractivity contribution in [2.75, 3.05) is 6.54 Å². The molecule has 0 bridgehead atoms. The third kappa shape index (κ3) is 16.1. The number of carbonyl (C=O) groups is 1. The fourth-order valence-electron chi connectivity index (χ4n) is 0.493. The highest BCUT2D eigenvalue weighted by molar-refractivity contribution is 5.80. The molecule has 0 aromatic heterocycles. The zero-order chi connectivity index (χ0) is 9.82. The molecule has 0 unspecified atom stereocenters. The molecule has 0 saturated heterocycles. The van der Waals surface area contributed by atoms with Gasteiger partial charge in [-0.2, -0.15) is 5.26 Å². The summed E-state index contributed by atoms with van der Waals surface area (Å²) in [5, 5.41) is 7.82. The molecule has 0 aromatic rings. The van der Waals surface area contributed by atoms with Gasteiger partial charge in [-0.25, -0.2) is 0 Å². The fourth-order valence-corrected chi connectivity index (χ4v) is 0.493. The predicted molar refractivity (Wildman–Crippen MR) is 49.5 cm³/mol. The van der Waals surface area contributed by atoms with Crippen molar-refractivity contribution >= 4 is 5.78 Å². The van der Waals surface area contributed by atoms with E-state index in [2.05, 4.69) is 0 Å². The zero-order valence-corrected chi connectivity index (χ0v) is 7.97. The molecular weight excluding hydrogens is 152 g/mol. The maximum Gasteiger partial charge on any atom is 0.146 e. The number of carbonyl (C=O) groups excluding carboxylic acids is 1. The second-order valence-electron chi connectivity index (χ2n) is 2.40. The van der Waals surface area contributed by atoms with E-state index < -0.39 is 0 Å². The molecule has 0 aromatic carbocycles. The van der Waals surface area contributed by atoms with Crippen molar-refractivity contribution in [1.82, 2.24) is 0 Å². The summed E-state index contributed by atoms with van der Waals surface area (Å²) in [5.41, 5.74) is 5.01. The van der Waals surface area contributed by atoms with Gasteiger partial charge in [0.05, 0.1) is 12.6 Å². The van der Waals surface area contributed by atoms with Crippen LogP contribution in [-0.4, -0.2) is 12.3 Å². The Morgan fingerprint density at radius 2 is 2.00 bits per heavy atom. The monoisotopic (exact) mass is 170 g/mol. The summed E-state index contributed by atoms with van der Waals surface area (Å²) in [4.78, 5) is 10.3. The Hall–Kier alpha value is -0.880. The smallest absolute Gasteiger partial charge is 0.146 e. The number of hydrogen-bond donors (Lipinski definition) is 1. The van der Waals surface area contributed by atoms with Gasteiger partial charge in [-0.3, -0.25) is 4.79 Å². The highest BCUT2D eigenvalue weighted by atomic mass is 16.1. The van der Waals surface area contributed by atoms with E-state index in [4.69, 9.17) is 11.0 Å². The summed E-state index contributed by atoms with van der Waals surface area (Å²) < 4.78 is 0. The number of ketones is 1. The first-order chi connectivity index (χ1) is 5.72. The lowest BCUT2D eigenvalue weighted by atomic mass is 10.2. The van der Waals surface area contributed by atoms with Gasteiger partial charge in [0.15, 0.2) is 0 Å². The topological polar surface area (TPSA) is 66.9 Å². The van der Waals surface area contributed by atoms with Crippen LogP contribution < -0.4 is 5.73 Å². The zero-order valence-electron chi connectivity index (χ0n) is 7.97. The van der Waals surface area contributed by atoms with Crippen molar-refractivity contribution in [3.8, 4) is 6.07 Å². The van der Waals surface area contributed by atoms with Crippen LogP contribution in [0.2, 0.25) is 0 Å². The van der Waals surface area contributed by atoms with Gasteiger partial charge in [0.2, 0.25) is 0 Å². The van der Waals surface area contributed by atoms with Gasteiger partial charge >= 0.3 is 0 Å². The van der Waals surface area contributed by atoms with Crippen LogP contribution in [0.1, 0.15) is 39.5 Å². The van der Waals surface area contributed by atoms with Crippen LogP contribution in [0.15, 0.2) is 0 Å². The van der Waals surface area contributed by atoms with Crippen molar-refractivity contribution in [3.63, 3.8) is 0 Å². The van der Waals surface area contributed by atoms with Gasteiger partial charge in [0.25, 0.3) is 0 Å². The SMILES string of the molecule is CCCC#N.CCCC(=O)CN. The fraction of sp³-hybridized carbons (Fsp3) is 0.778. The predicted octanol–water partition coefficient (Wildman–Crippen LogP) is 1.62. The van der Waals surface area contributed by atoms with Crippen LogP contribution in [0, 0.1) is 11.3 Å². The quantitative estimate of drug-likeness (QED) is 0.697. The second kappa shape index (κ2) is 12.8. The Balaban J connectivity index is 0. The number of hydrogen-bond acceptors (Lipinski definition) is 3. The molecule has 0 rings (SSSR count). The Morgan fingerprint density at radius 1 is 1.42 bits per heavy atom. The number of Topliss-reactive ketones (excluding diaryl/α,β-unsaturated/α-hetero) is 1. The van der Waals surface area contributed by atoms with Crippen molar-refractivity contribution in [2.24, 2.45) is 5.73 Å². The van der Waals surface area contributed by atoms with E-state index in [9.17, 15) is 4.79 Å². The Kier molecular flexibility index (Phi) is 14.6. The van der Waals surface area contributed by atoms with E-state index in [1.165, 1.54) is 0 Å². The first kappa shape index (κ1) is 13.7. The highest BCUT2D eigenvalue weighted by Gasteiger charge is 1.91. The van der Waals surface area contributed by atoms with Crippen LogP contribution in [-0.2, 0) is 4.79 Å². The first-order valence-corrected chi connectivity index (χ1v) is 4.31. The average Bonchev–Trinajstić information content (AvgIpc) is 2.07. The van der Waals surface area contributed by atoms with E-state index >= 15 is 0 Å². The minimum absolute atomic E-state index is 0.155. The molecule has 0 radical (unpaired) electrons. The van der Waals surface area contributed by atoms with Crippen LogP contribution in [0.4, 0.5) is 0 Å². The standard InChI is InChI=1S/C5H11NO.C4H7N/c1-2-3-5(7)4-6;1-2-3-4-5/h2-4,6H2,1H3;2-3H2,1H3. The van der Waals surface area contributed by atoms with Crippen molar-refractivity contribution in [1.29, 1.82) is 5.26 Å². The minimum Gasteiger partial charge on any atom is -0.324 e. The number of nitrogens with two attached hydrogens (primary N) is 1. The summed E-state index contributed by atoms with van der Waals surface area (Å²) in [6, 6.07) is 2.02. The average molecular weight is 170 g/mol. The summed E-state index contributed by atoms with van der Waals surface area (Å²) in [6.45, 7) is 4.16. The van der Waals surface area contributed by atoms with Gasteiger partial charge < -0.3 is 5.73 Å². The van der Waals surface area contributed by atoms with Crippen LogP contribution >= 0.6 is 0 Å². The number of nitrogens with zero attached hydrogens (tertiary/aromatic N) is 1. The molecule has 0 saturated carbocycles. The first-order valence-electron chi connectivity index (χ1n) is 4.31. The molecule has 0 aliphatic rings. The molecule has 3 nitrogen and oxygen atoms in total. The van der Waals surface area contributed by atoms with Crippen molar-refractivity contribution in [3.05, 3.63) is 0 Å². The van der Waals surface area contributed by atoms with E-state index in [1.54, 1.807) is 0 Å². The molecule has 0 atom stereocenters. The molecule has 0 aliphatic carbocycles. The van der Waals surface area contributed by atoms with Crippen LogP contribution in [0.3, 0.4) is 0 Å². The van der Waals surface area contributed by atoms with E-state index in [0.717, 1.165) is 12.8 Å². The van der Waals surface area contributed by atoms with E-state index in [-0.39, 0.29) is 12.3 Å². The van der Waals surface area contributed by atoms with E-state index in [0.29, 0.717) is 12.8 Å². The van der Waals surface area contributed by atoms with Crippen molar-refractivity contribution in [2.45, 2.75) is 39.5 Å².